The molecule has 1 amide bonds. The molecule has 2 aromatic heterocycles. The summed E-state index contributed by atoms with van der Waals surface area (Å²) in [7, 11) is 1.52. The predicted octanol–water partition coefficient (Wildman–Crippen LogP) is 2.61. The van der Waals surface area contributed by atoms with Crippen molar-refractivity contribution < 1.29 is 24.1 Å². The van der Waals surface area contributed by atoms with Crippen LogP contribution in [0.4, 0.5) is 11.4 Å². The SMILES string of the molecule is COc1cc2c(Oc3cnn(CC(=O)Nc4ccc5c(c4)NCC5)c3)ncnc2cc1OCCO. The normalized spacial score (nSPS) is 12.2. The van der Waals surface area contributed by atoms with E-state index in [1.54, 1.807) is 18.3 Å². The van der Waals surface area contributed by atoms with Gasteiger partial charge in [-0.1, -0.05) is 6.07 Å². The average Bonchev–Trinajstić information content (AvgIpc) is 3.51. The summed E-state index contributed by atoms with van der Waals surface area (Å²) in [5.74, 6) is 1.43. The van der Waals surface area contributed by atoms with Gasteiger partial charge in [0.2, 0.25) is 11.8 Å². The molecule has 11 heteroatoms. The number of carbonyl (C=O) groups excluding carboxylic acids is 1. The number of hydrogen-bond donors (Lipinski definition) is 3. The summed E-state index contributed by atoms with van der Waals surface area (Å²) in [6.07, 6.45) is 5.50. The molecule has 0 saturated carbocycles. The first-order valence-electron chi connectivity index (χ1n) is 11.1. The average molecular weight is 476 g/mol. The summed E-state index contributed by atoms with van der Waals surface area (Å²) in [4.78, 5) is 21.0. The van der Waals surface area contributed by atoms with E-state index in [4.69, 9.17) is 19.3 Å². The van der Waals surface area contributed by atoms with Crippen LogP contribution in [-0.2, 0) is 17.8 Å². The molecule has 0 atom stereocenters. The Balaban J connectivity index is 1.28. The van der Waals surface area contributed by atoms with E-state index < -0.39 is 0 Å². The zero-order valence-corrected chi connectivity index (χ0v) is 19.0. The van der Waals surface area contributed by atoms with Crippen molar-refractivity contribution in [3.8, 4) is 23.1 Å². The number of aromatic nitrogens is 4. The molecular formula is C24H24N6O5. The Morgan fingerprint density at radius 1 is 1.23 bits per heavy atom. The second kappa shape index (κ2) is 9.85. The molecule has 3 heterocycles. The molecule has 4 aromatic rings. The molecule has 0 spiro atoms. The van der Waals surface area contributed by atoms with Gasteiger partial charge in [0.05, 0.1) is 37.0 Å². The maximum atomic E-state index is 12.5. The van der Waals surface area contributed by atoms with Gasteiger partial charge < -0.3 is 30.0 Å². The number of rotatable bonds is 9. The fraction of sp³-hybridized carbons (Fsp3) is 0.250. The first kappa shape index (κ1) is 22.4. The molecule has 2 aromatic carbocycles. The van der Waals surface area contributed by atoms with E-state index in [0.29, 0.717) is 34.0 Å². The highest BCUT2D eigenvalue weighted by molar-refractivity contribution is 5.91. The first-order chi connectivity index (χ1) is 17.1. The molecule has 5 rings (SSSR count). The third kappa shape index (κ3) is 4.94. The Kier molecular flexibility index (Phi) is 6.31. The Labute approximate surface area is 200 Å². The number of hydrogen-bond acceptors (Lipinski definition) is 9. The van der Waals surface area contributed by atoms with Crippen molar-refractivity contribution in [2.75, 3.05) is 37.5 Å². The minimum Gasteiger partial charge on any atom is -0.493 e. The fourth-order valence-corrected chi connectivity index (χ4v) is 3.86. The number of nitrogens with zero attached hydrogens (tertiary/aromatic N) is 4. The van der Waals surface area contributed by atoms with E-state index in [1.807, 2.05) is 18.2 Å². The Morgan fingerprint density at radius 3 is 3.00 bits per heavy atom. The lowest BCUT2D eigenvalue weighted by atomic mass is 10.1. The number of carbonyl (C=O) groups is 1. The van der Waals surface area contributed by atoms with Gasteiger partial charge in [-0.15, -0.1) is 0 Å². The number of aliphatic hydroxyl groups is 1. The number of anilines is 2. The second-order valence-corrected chi connectivity index (χ2v) is 7.84. The van der Waals surface area contributed by atoms with E-state index >= 15 is 0 Å². The van der Waals surface area contributed by atoms with Crippen molar-refractivity contribution in [2.45, 2.75) is 13.0 Å². The van der Waals surface area contributed by atoms with Crippen LogP contribution in [0.1, 0.15) is 5.56 Å². The number of fused-ring (bicyclic) bond motifs is 2. The van der Waals surface area contributed by atoms with Gasteiger partial charge in [0, 0.05) is 24.0 Å². The van der Waals surface area contributed by atoms with Crippen LogP contribution in [0.25, 0.3) is 10.9 Å². The monoisotopic (exact) mass is 476 g/mol. The zero-order chi connectivity index (χ0) is 24.2. The lowest BCUT2D eigenvalue weighted by Gasteiger charge is -2.12. The lowest BCUT2D eigenvalue weighted by molar-refractivity contribution is -0.116. The molecule has 180 valence electrons. The number of aliphatic hydroxyl groups excluding tert-OH is 1. The van der Waals surface area contributed by atoms with Crippen LogP contribution in [-0.4, -0.2) is 57.6 Å². The number of amides is 1. The van der Waals surface area contributed by atoms with E-state index in [0.717, 1.165) is 24.3 Å². The molecular weight excluding hydrogens is 452 g/mol. The largest absolute Gasteiger partial charge is 0.493 e. The molecule has 0 saturated heterocycles. The van der Waals surface area contributed by atoms with E-state index in [9.17, 15) is 4.79 Å². The standard InChI is InChI=1S/C24H24N6O5/c1-33-21-9-18-20(10-22(21)34-7-6-31)26-14-27-24(18)35-17-11-28-30(12-17)13-23(32)29-16-3-2-15-4-5-25-19(15)8-16/h2-3,8-12,14,25,31H,4-7,13H2,1H3,(H,29,32). The lowest BCUT2D eigenvalue weighted by Crippen LogP contribution is -2.19. The number of benzene rings is 2. The van der Waals surface area contributed by atoms with Crippen LogP contribution in [0.2, 0.25) is 0 Å². The van der Waals surface area contributed by atoms with Gasteiger partial charge in [0.15, 0.2) is 17.2 Å². The van der Waals surface area contributed by atoms with E-state index in [2.05, 4.69) is 25.7 Å². The molecule has 0 aliphatic carbocycles. The van der Waals surface area contributed by atoms with Crippen LogP contribution in [0, 0.1) is 0 Å². The summed E-state index contributed by atoms with van der Waals surface area (Å²) in [5, 5.41) is 20.1. The number of nitrogens with one attached hydrogen (secondary N) is 2. The zero-order valence-electron chi connectivity index (χ0n) is 19.0. The van der Waals surface area contributed by atoms with Crippen molar-refractivity contribution in [3.05, 3.63) is 54.6 Å². The van der Waals surface area contributed by atoms with Gasteiger partial charge in [-0.2, -0.15) is 5.10 Å². The summed E-state index contributed by atoms with van der Waals surface area (Å²) in [6, 6.07) is 9.26. The third-order valence-corrected chi connectivity index (χ3v) is 5.47. The van der Waals surface area contributed by atoms with Gasteiger partial charge in [-0.05, 0) is 30.2 Å². The topological polar surface area (TPSA) is 133 Å². The van der Waals surface area contributed by atoms with Crippen LogP contribution < -0.4 is 24.8 Å². The molecule has 11 nitrogen and oxygen atoms in total. The van der Waals surface area contributed by atoms with E-state index in [-0.39, 0.29) is 25.7 Å². The van der Waals surface area contributed by atoms with Crippen LogP contribution in [0.3, 0.4) is 0 Å². The molecule has 0 unspecified atom stereocenters. The minimum atomic E-state index is -0.203. The molecule has 0 fully saturated rings. The summed E-state index contributed by atoms with van der Waals surface area (Å²) in [6.45, 7) is 0.950. The molecule has 1 aliphatic rings. The van der Waals surface area contributed by atoms with Crippen molar-refractivity contribution in [1.82, 2.24) is 19.7 Å². The summed E-state index contributed by atoms with van der Waals surface area (Å²) < 4.78 is 18.3. The van der Waals surface area contributed by atoms with Gasteiger partial charge in [0.25, 0.3) is 0 Å². The van der Waals surface area contributed by atoms with Crippen LogP contribution in [0.15, 0.2) is 49.1 Å². The minimum absolute atomic E-state index is 0.0256. The first-order valence-corrected chi connectivity index (χ1v) is 11.1. The Bertz CT molecular complexity index is 1370. The Hall–Kier alpha value is -4.38. The van der Waals surface area contributed by atoms with Crippen molar-refractivity contribution in [3.63, 3.8) is 0 Å². The van der Waals surface area contributed by atoms with Crippen molar-refractivity contribution in [1.29, 1.82) is 0 Å². The smallest absolute Gasteiger partial charge is 0.246 e. The maximum Gasteiger partial charge on any atom is 0.246 e. The van der Waals surface area contributed by atoms with Gasteiger partial charge in [-0.3, -0.25) is 9.48 Å². The van der Waals surface area contributed by atoms with E-state index in [1.165, 1.54) is 29.9 Å². The van der Waals surface area contributed by atoms with Crippen LogP contribution >= 0.6 is 0 Å². The highest BCUT2D eigenvalue weighted by atomic mass is 16.5. The van der Waals surface area contributed by atoms with Crippen molar-refractivity contribution in [2.24, 2.45) is 0 Å². The molecule has 0 radical (unpaired) electrons. The third-order valence-electron chi connectivity index (χ3n) is 5.47. The quantitative estimate of drug-likeness (QED) is 0.333. The fourth-order valence-electron chi connectivity index (χ4n) is 3.86. The molecule has 0 bridgehead atoms. The molecule has 35 heavy (non-hydrogen) atoms. The molecule has 3 N–H and O–H groups in total. The predicted molar refractivity (Wildman–Crippen MR) is 128 cm³/mol. The summed E-state index contributed by atoms with van der Waals surface area (Å²) >= 11 is 0. The van der Waals surface area contributed by atoms with Gasteiger partial charge in [0.1, 0.15) is 19.5 Å². The highest BCUT2D eigenvalue weighted by Crippen LogP contribution is 2.36. The number of methoxy groups -OCH3 is 1. The maximum absolute atomic E-state index is 12.5. The Morgan fingerprint density at radius 2 is 2.14 bits per heavy atom. The molecule has 1 aliphatic heterocycles. The highest BCUT2D eigenvalue weighted by Gasteiger charge is 2.15. The van der Waals surface area contributed by atoms with Crippen LogP contribution in [0.5, 0.6) is 23.1 Å². The second-order valence-electron chi connectivity index (χ2n) is 7.84. The van der Waals surface area contributed by atoms with Crippen molar-refractivity contribution >= 4 is 28.2 Å². The van der Waals surface area contributed by atoms with Gasteiger partial charge in [-0.25, -0.2) is 9.97 Å². The summed E-state index contributed by atoms with van der Waals surface area (Å²) in [5.41, 5.74) is 3.62. The number of ether oxygens (including phenoxy) is 3. The van der Waals surface area contributed by atoms with Gasteiger partial charge >= 0.3 is 0 Å².